The van der Waals surface area contributed by atoms with E-state index in [1.165, 1.54) is 4.31 Å². The van der Waals surface area contributed by atoms with Gasteiger partial charge in [0.1, 0.15) is 0 Å². The molecular formula is C23H32N2O3S. The predicted octanol–water partition coefficient (Wildman–Crippen LogP) is 4.03. The fourth-order valence-corrected chi connectivity index (χ4v) is 5.20. The van der Waals surface area contributed by atoms with Gasteiger partial charge in [-0.05, 0) is 57.7 Å². The van der Waals surface area contributed by atoms with Crippen molar-refractivity contribution in [2.75, 3.05) is 6.54 Å². The summed E-state index contributed by atoms with van der Waals surface area (Å²) in [7, 11) is -3.85. The molecule has 5 nitrogen and oxygen atoms in total. The molecule has 2 aromatic rings. The number of amides is 1. The van der Waals surface area contributed by atoms with Crippen molar-refractivity contribution in [1.29, 1.82) is 0 Å². The van der Waals surface area contributed by atoms with Gasteiger partial charge >= 0.3 is 0 Å². The van der Waals surface area contributed by atoms with E-state index in [-0.39, 0.29) is 29.9 Å². The fraction of sp³-hybridized carbons (Fsp3) is 0.435. The van der Waals surface area contributed by atoms with Crippen LogP contribution in [0.3, 0.4) is 0 Å². The SMILES string of the molecule is CC[C@@H](C)NC(=O)CN(Cc1ccc(C)cc1)S(=O)(=O)c1c(C)cc(C)cc1C. The Bertz CT molecular complexity index is 943. The summed E-state index contributed by atoms with van der Waals surface area (Å²) < 4.78 is 28.5. The summed E-state index contributed by atoms with van der Waals surface area (Å²) in [5, 5.41) is 2.87. The zero-order chi connectivity index (χ0) is 21.8. The summed E-state index contributed by atoms with van der Waals surface area (Å²) in [5.74, 6) is -0.294. The van der Waals surface area contributed by atoms with Crippen molar-refractivity contribution in [3.63, 3.8) is 0 Å². The Hall–Kier alpha value is -2.18. The van der Waals surface area contributed by atoms with Crippen molar-refractivity contribution in [3.8, 4) is 0 Å². The maximum Gasteiger partial charge on any atom is 0.244 e. The van der Waals surface area contributed by atoms with E-state index >= 15 is 0 Å². The van der Waals surface area contributed by atoms with E-state index in [2.05, 4.69) is 5.32 Å². The number of aryl methyl sites for hydroxylation is 4. The van der Waals surface area contributed by atoms with Crippen molar-refractivity contribution < 1.29 is 13.2 Å². The van der Waals surface area contributed by atoms with Crippen LogP contribution in [0, 0.1) is 27.7 Å². The van der Waals surface area contributed by atoms with Crippen LogP contribution in [-0.4, -0.2) is 31.2 Å². The highest BCUT2D eigenvalue weighted by Crippen LogP contribution is 2.26. The molecule has 0 radical (unpaired) electrons. The maximum atomic E-state index is 13.6. The van der Waals surface area contributed by atoms with Crippen molar-refractivity contribution in [2.45, 2.75) is 65.4 Å². The minimum Gasteiger partial charge on any atom is -0.353 e. The molecule has 29 heavy (non-hydrogen) atoms. The molecule has 0 aliphatic rings. The second-order valence-electron chi connectivity index (χ2n) is 7.86. The van der Waals surface area contributed by atoms with E-state index in [0.717, 1.165) is 23.1 Å². The van der Waals surface area contributed by atoms with E-state index in [4.69, 9.17) is 0 Å². The number of nitrogens with zero attached hydrogens (tertiary/aromatic N) is 1. The lowest BCUT2D eigenvalue weighted by Crippen LogP contribution is -2.43. The monoisotopic (exact) mass is 416 g/mol. The minimum atomic E-state index is -3.85. The third-order valence-electron chi connectivity index (χ3n) is 5.02. The lowest BCUT2D eigenvalue weighted by Gasteiger charge is -2.25. The molecule has 0 saturated heterocycles. The van der Waals surface area contributed by atoms with Gasteiger partial charge in [0.2, 0.25) is 15.9 Å². The zero-order valence-electron chi connectivity index (χ0n) is 18.2. The van der Waals surface area contributed by atoms with Gasteiger partial charge in [-0.25, -0.2) is 8.42 Å². The smallest absolute Gasteiger partial charge is 0.244 e. The molecule has 0 spiro atoms. The standard InChI is InChI=1S/C23H32N2O3S/c1-7-20(6)24-22(26)15-25(14-21-10-8-16(2)9-11-21)29(27,28)23-18(4)12-17(3)13-19(23)5/h8-13,20H,7,14-15H2,1-6H3,(H,24,26)/t20-/m1/s1. The van der Waals surface area contributed by atoms with Crippen molar-refractivity contribution >= 4 is 15.9 Å². The Kier molecular flexibility index (Phi) is 7.60. The molecule has 0 aliphatic heterocycles. The maximum absolute atomic E-state index is 13.6. The van der Waals surface area contributed by atoms with Crippen LogP contribution in [0.1, 0.15) is 48.1 Å². The summed E-state index contributed by atoms with van der Waals surface area (Å²) in [6.45, 7) is 11.3. The van der Waals surface area contributed by atoms with Gasteiger partial charge in [0.25, 0.3) is 0 Å². The number of carbonyl (C=O) groups is 1. The van der Waals surface area contributed by atoms with Crippen LogP contribution in [0.25, 0.3) is 0 Å². The summed E-state index contributed by atoms with van der Waals surface area (Å²) in [6.07, 6.45) is 0.784. The van der Waals surface area contributed by atoms with Crippen LogP contribution in [0.15, 0.2) is 41.3 Å². The minimum absolute atomic E-state index is 0.00530. The lowest BCUT2D eigenvalue weighted by atomic mass is 10.1. The molecule has 0 aromatic heterocycles. The highest BCUT2D eigenvalue weighted by atomic mass is 32.2. The van der Waals surface area contributed by atoms with Gasteiger partial charge in [0.15, 0.2) is 0 Å². The van der Waals surface area contributed by atoms with Crippen LogP contribution in [-0.2, 0) is 21.4 Å². The average Bonchev–Trinajstić information content (AvgIpc) is 2.61. The first kappa shape index (κ1) is 23.1. The fourth-order valence-electron chi connectivity index (χ4n) is 3.41. The van der Waals surface area contributed by atoms with Gasteiger partial charge in [0, 0.05) is 12.6 Å². The van der Waals surface area contributed by atoms with Gasteiger partial charge in [0.05, 0.1) is 11.4 Å². The van der Waals surface area contributed by atoms with Crippen molar-refractivity contribution in [3.05, 3.63) is 64.2 Å². The third kappa shape index (κ3) is 5.90. The Balaban J connectivity index is 2.44. The first-order chi connectivity index (χ1) is 13.5. The van der Waals surface area contributed by atoms with E-state index in [0.29, 0.717) is 11.1 Å². The number of carbonyl (C=O) groups excluding carboxylic acids is 1. The topological polar surface area (TPSA) is 66.5 Å². The molecule has 0 unspecified atom stereocenters. The lowest BCUT2D eigenvalue weighted by molar-refractivity contribution is -0.122. The van der Waals surface area contributed by atoms with E-state index < -0.39 is 10.0 Å². The summed E-state index contributed by atoms with van der Waals surface area (Å²) >= 11 is 0. The van der Waals surface area contributed by atoms with Gasteiger partial charge in [-0.15, -0.1) is 0 Å². The highest BCUT2D eigenvalue weighted by Gasteiger charge is 2.30. The van der Waals surface area contributed by atoms with Crippen LogP contribution in [0.5, 0.6) is 0 Å². The predicted molar refractivity (Wildman–Crippen MR) is 117 cm³/mol. The molecule has 6 heteroatoms. The number of benzene rings is 2. The molecule has 1 N–H and O–H groups in total. The van der Waals surface area contributed by atoms with Crippen LogP contribution in [0.4, 0.5) is 0 Å². The first-order valence-electron chi connectivity index (χ1n) is 9.97. The van der Waals surface area contributed by atoms with Gasteiger partial charge < -0.3 is 5.32 Å². The number of hydrogen-bond acceptors (Lipinski definition) is 3. The number of rotatable bonds is 8. The molecule has 2 aromatic carbocycles. The van der Waals surface area contributed by atoms with Crippen molar-refractivity contribution in [1.82, 2.24) is 9.62 Å². The largest absolute Gasteiger partial charge is 0.353 e. The second kappa shape index (κ2) is 9.55. The molecule has 2 rings (SSSR count). The van der Waals surface area contributed by atoms with E-state index in [1.54, 1.807) is 13.8 Å². The number of nitrogens with one attached hydrogen (secondary N) is 1. The Morgan fingerprint density at radius 2 is 1.55 bits per heavy atom. The molecule has 0 fully saturated rings. The van der Waals surface area contributed by atoms with Gasteiger partial charge in [-0.2, -0.15) is 4.31 Å². The summed E-state index contributed by atoms with van der Waals surface area (Å²) in [4.78, 5) is 12.8. The molecule has 0 bridgehead atoms. The molecule has 1 atom stereocenters. The highest BCUT2D eigenvalue weighted by molar-refractivity contribution is 7.89. The van der Waals surface area contributed by atoms with Crippen molar-refractivity contribution in [2.24, 2.45) is 0 Å². The van der Waals surface area contributed by atoms with Crippen LogP contribution < -0.4 is 5.32 Å². The Morgan fingerprint density at radius 3 is 2.07 bits per heavy atom. The molecule has 158 valence electrons. The molecular weight excluding hydrogens is 384 g/mol. The quantitative estimate of drug-likeness (QED) is 0.707. The normalized spacial score (nSPS) is 12.8. The third-order valence-corrected chi connectivity index (χ3v) is 7.12. The van der Waals surface area contributed by atoms with Crippen LogP contribution >= 0.6 is 0 Å². The first-order valence-corrected chi connectivity index (χ1v) is 11.4. The second-order valence-corrected chi connectivity index (χ2v) is 9.74. The van der Waals surface area contributed by atoms with E-state index in [1.807, 2.05) is 64.1 Å². The van der Waals surface area contributed by atoms with Gasteiger partial charge in [-0.3, -0.25) is 4.79 Å². The average molecular weight is 417 g/mol. The Labute approximate surface area is 175 Å². The van der Waals surface area contributed by atoms with Gasteiger partial charge in [-0.1, -0.05) is 54.4 Å². The number of hydrogen-bond donors (Lipinski definition) is 1. The Morgan fingerprint density at radius 1 is 1.00 bits per heavy atom. The van der Waals surface area contributed by atoms with E-state index in [9.17, 15) is 13.2 Å². The molecule has 1 amide bonds. The molecule has 0 aliphatic carbocycles. The zero-order valence-corrected chi connectivity index (χ0v) is 19.1. The summed E-state index contributed by atoms with van der Waals surface area (Å²) in [6, 6.07) is 11.4. The number of sulfonamides is 1. The van der Waals surface area contributed by atoms with Crippen LogP contribution in [0.2, 0.25) is 0 Å². The molecule has 0 heterocycles. The summed E-state index contributed by atoms with van der Waals surface area (Å²) in [5.41, 5.74) is 4.34. The molecule has 0 saturated carbocycles.